The maximum Gasteiger partial charge on any atom is 0.405 e. The van der Waals surface area contributed by atoms with Crippen molar-refractivity contribution in [3.8, 4) is 0 Å². The Kier molecular flexibility index (Phi) is 5.31. The van der Waals surface area contributed by atoms with E-state index in [0.717, 1.165) is 4.90 Å². The number of urea groups is 1. The maximum absolute atomic E-state index is 11.9. The van der Waals surface area contributed by atoms with Crippen molar-refractivity contribution in [2.45, 2.75) is 12.7 Å². The lowest BCUT2D eigenvalue weighted by Gasteiger charge is -2.19. The molecule has 0 fully saturated rings. The van der Waals surface area contributed by atoms with Crippen LogP contribution >= 0.6 is 23.2 Å². The number of halogens is 5. The van der Waals surface area contributed by atoms with Gasteiger partial charge in [-0.1, -0.05) is 29.3 Å². The monoisotopic (exact) mass is 314 g/mol. The third-order valence-electron chi connectivity index (χ3n) is 2.19. The first-order valence-corrected chi connectivity index (χ1v) is 5.94. The Labute approximate surface area is 118 Å². The smallest absolute Gasteiger partial charge is 0.329 e. The highest BCUT2D eigenvalue weighted by Gasteiger charge is 2.28. The van der Waals surface area contributed by atoms with Crippen molar-refractivity contribution in [1.82, 2.24) is 10.2 Å². The van der Waals surface area contributed by atoms with E-state index in [1.54, 1.807) is 23.5 Å². The van der Waals surface area contributed by atoms with Crippen LogP contribution in [-0.2, 0) is 6.54 Å². The van der Waals surface area contributed by atoms with Gasteiger partial charge in [0.15, 0.2) is 0 Å². The summed E-state index contributed by atoms with van der Waals surface area (Å²) in [6, 6.07) is 3.93. The Hall–Kier alpha value is -1.14. The van der Waals surface area contributed by atoms with Gasteiger partial charge in [-0.05, 0) is 17.7 Å². The zero-order chi connectivity index (χ0) is 14.6. The van der Waals surface area contributed by atoms with Gasteiger partial charge in [0.1, 0.15) is 6.54 Å². The minimum Gasteiger partial charge on any atom is -0.329 e. The highest BCUT2D eigenvalue weighted by Crippen LogP contribution is 2.23. The van der Waals surface area contributed by atoms with Crippen LogP contribution in [-0.4, -0.2) is 30.7 Å². The van der Waals surface area contributed by atoms with Crippen LogP contribution in [0, 0.1) is 0 Å². The molecule has 0 saturated heterocycles. The molecule has 1 rings (SSSR count). The molecule has 0 aliphatic rings. The summed E-state index contributed by atoms with van der Waals surface area (Å²) in [6.07, 6.45) is -4.43. The van der Waals surface area contributed by atoms with Gasteiger partial charge in [0.2, 0.25) is 0 Å². The number of amides is 2. The quantitative estimate of drug-likeness (QED) is 0.906. The average Bonchev–Trinajstić information content (AvgIpc) is 2.29. The molecule has 0 radical (unpaired) electrons. The third-order valence-corrected chi connectivity index (χ3v) is 2.93. The van der Waals surface area contributed by atoms with E-state index < -0.39 is 18.8 Å². The van der Waals surface area contributed by atoms with Crippen molar-refractivity contribution >= 4 is 29.2 Å². The number of hydrogen-bond donors (Lipinski definition) is 1. The Morgan fingerprint density at radius 3 is 2.47 bits per heavy atom. The Morgan fingerprint density at radius 1 is 1.32 bits per heavy atom. The summed E-state index contributed by atoms with van der Waals surface area (Å²) in [7, 11) is 1.38. The molecule has 0 heterocycles. The zero-order valence-electron chi connectivity index (χ0n) is 9.89. The van der Waals surface area contributed by atoms with Gasteiger partial charge >= 0.3 is 12.2 Å². The van der Waals surface area contributed by atoms with Crippen molar-refractivity contribution < 1.29 is 18.0 Å². The van der Waals surface area contributed by atoms with Crippen LogP contribution in [0.3, 0.4) is 0 Å². The van der Waals surface area contributed by atoms with Crippen LogP contribution in [0.5, 0.6) is 0 Å². The molecule has 8 heteroatoms. The van der Waals surface area contributed by atoms with Crippen molar-refractivity contribution in [3.63, 3.8) is 0 Å². The largest absolute Gasteiger partial charge is 0.405 e. The molecule has 0 saturated carbocycles. The fourth-order valence-electron chi connectivity index (χ4n) is 1.29. The molecule has 1 aromatic carbocycles. The number of nitrogens with one attached hydrogen (secondary N) is 1. The Bertz CT molecular complexity index is 466. The summed E-state index contributed by atoms with van der Waals surface area (Å²) >= 11 is 11.5. The molecule has 2 amide bonds. The molecule has 0 aliphatic heterocycles. The second-order valence-corrected chi connectivity index (χ2v) is 4.69. The summed E-state index contributed by atoms with van der Waals surface area (Å²) in [4.78, 5) is 12.5. The zero-order valence-corrected chi connectivity index (χ0v) is 11.4. The molecule has 1 aromatic rings. The van der Waals surface area contributed by atoms with Gasteiger partial charge in [-0.25, -0.2) is 4.79 Å². The fraction of sp³-hybridized carbons (Fsp3) is 0.364. The van der Waals surface area contributed by atoms with Gasteiger partial charge in [-0.15, -0.1) is 0 Å². The molecular weight excluding hydrogens is 304 g/mol. The predicted molar refractivity (Wildman–Crippen MR) is 67.4 cm³/mol. The van der Waals surface area contributed by atoms with Gasteiger partial charge in [-0.3, -0.25) is 0 Å². The van der Waals surface area contributed by atoms with E-state index in [1.165, 1.54) is 7.05 Å². The fourth-order valence-corrected chi connectivity index (χ4v) is 1.62. The van der Waals surface area contributed by atoms with Crippen LogP contribution in [0.25, 0.3) is 0 Å². The first kappa shape index (κ1) is 15.9. The molecule has 3 nitrogen and oxygen atoms in total. The van der Waals surface area contributed by atoms with Gasteiger partial charge in [0, 0.05) is 13.6 Å². The van der Waals surface area contributed by atoms with E-state index in [9.17, 15) is 18.0 Å². The van der Waals surface area contributed by atoms with E-state index >= 15 is 0 Å². The number of nitrogens with zero attached hydrogens (tertiary/aromatic N) is 1. The SMILES string of the molecule is CN(Cc1ccc(Cl)c(Cl)c1)C(=O)NCC(F)(F)F. The summed E-state index contributed by atoms with van der Waals surface area (Å²) in [5.74, 6) is 0. The predicted octanol–water partition coefficient (Wildman–Crippen LogP) is 3.70. The molecule has 19 heavy (non-hydrogen) atoms. The van der Waals surface area contributed by atoms with E-state index in [-0.39, 0.29) is 6.54 Å². The minimum absolute atomic E-state index is 0.126. The van der Waals surface area contributed by atoms with Crippen molar-refractivity contribution in [1.29, 1.82) is 0 Å². The lowest BCUT2D eigenvalue weighted by Crippen LogP contribution is -2.41. The van der Waals surface area contributed by atoms with Gasteiger partial charge < -0.3 is 10.2 Å². The number of alkyl halides is 3. The molecule has 106 valence electrons. The van der Waals surface area contributed by atoms with Crippen LogP contribution in [0.2, 0.25) is 10.0 Å². The summed E-state index contributed by atoms with van der Waals surface area (Å²) in [5.41, 5.74) is 0.666. The van der Waals surface area contributed by atoms with Crippen molar-refractivity contribution in [2.24, 2.45) is 0 Å². The number of carbonyl (C=O) groups is 1. The molecular formula is C11H11Cl2F3N2O. The Balaban J connectivity index is 2.56. The number of benzene rings is 1. The molecule has 0 aromatic heterocycles. The summed E-state index contributed by atoms with van der Waals surface area (Å²) in [5, 5.41) is 2.46. The van der Waals surface area contributed by atoms with E-state index in [2.05, 4.69) is 0 Å². The van der Waals surface area contributed by atoms with Crippen LogP contribution in [0.15, 0.2) is 18.2 Å². The number of rotatable bonds is 3. The lowest BCUT2D eigenvalue weighted by atomic mass is 10.2. The lowest BCUT2D eigenvalue weighted by molar-refractivity contribution is -0.123. The Morgan fingerprint density at radius 2 is 1.95 bits per heavy atom. The maximum atomic E-state index is 11.9. The van der Waals surface area contributed by atoms with Crippen molar-refractivity contribution in [3.05, 3.63) is 33.8 Å². The van der Waals surface area contributed by atoms with Gasteiger partial charge in [-0.2, -0.15) is 13.2 Å². The average molecular weight is 315 g/mol. The first-order valence-electron chi connectivity index (χ1n) is 5.18. The van der Waals surface area contributed by atoms with Gasteiger partial charge in [0.25, 0.3) is 0 Å². The molecule has 0 atom stereocenters. The van der Waals surface area contributed by atoms with Crippen LogP contribution in [0.1, 0.15) is 5.56 Å². The topological polar surface area (TPSA) is 32.3 Å². The van der Waals surface area contributed by atoms with Crippen molar-refractivity contribution in [2.75, 3.05) is 13.6 Å². The van der Waals surface area contributed by atoms with Crippen LogP contribution < -0.4 is 5.32 Å². The summed E-state index contributed by atoms with van der Waals surface area (Å²) in [6.45, 7) is -1.24. The van der Waals surface area contributed by atoms with Gasteiger partial charge in [0.05, 0.1) is 10.0 Å². The molecule has 1 N–H and O–H groups in total. The van der Waals surface area contributed by atoms with E-state index in [1.807, 2.05) is 0 Å². The highest BCUT2D eigenvalue weighted by molar-refractivity contribution is 6.42. The molecule has 0 spiro atoms. The molecule has 0 aliphatic carbocycles. The normalized spacial score (nSPS) is 11.3. The highest BCUT2D eigenvalue weighted by atomic mass is 35.5. The number of hydrogen-bond acceptors (Lipinski definition) is 1. The first-order chi connectivity index (χ1) is 8.69. The summed E-state index contributed by atoms with van der Waals surface area (Å²) < 4.78 is 35.8. The van der Waals surface area contributed by atoms with Crippen LogP contribution in [0.4, 0.5) is 18.0 Å². The standard InChI is InChI=1S/C11H11Cl2F3N2O/c1-18(10(19)17-6-11(14,15)16)5-7-2-3-8(12)9(13)4-7/h2-4H,5-6H2,1H3,(H,17,19). The second-order valence-electron chi connectivity index (χ2n) is 3.88. The third kappa shape index (κ3) is 5.57. The number of carbonyl (C=O) groups excluding carboxylic acids is 1. The van der Waals surface area contributed by atoms with E-state index in [0.29, 0.717) is 15.6 Å². The second kappa shape index (κ2) is 6.34. The molecule has 0 bridgehead atoms. The molecule has 0 unspecified atom stereocenters. The van der Waals surface area contributed by atoms with E-state index in [4.69, 9.17) is 23.2 Å². The minimum atomic E-state index is -4.43.